The van der Waals surface area contributed by atoms with Crippen molar-refractivity contribution >= 4 is 11.6 Å². The van der Waals surface area contributed by atoms with Crippen molar-refractivity contribution in [1.82, 2.24) is 5.32 Å². The van der Waals surface area contributed by atoms with Crippen LogP contribution in [-0.4, -0.2) is 19.7 Å². The van der Waals surface area contributed by atoms with Gasteiger partial charge >= 0.3 is 0 Å². The molecule has 1 unspecified atom stereocenters. The Labute approximate surface area is 90.2 Å². The summed E-state index contributed by atoms with van der Waals surface area (Å²) in [6, 6.07) is 7.74. The molecule has 1 N–H and O–H groups in total. The summed E-state index contributed by atoms with van der Waals surface area (Å²) in [5.41, 5.74) is 1.04. The summed E-state index contributed by atoms with van der Waals surface area (Å²) in [6.45, 7) is 3.46. The molecule has 0 amide bonds. The Hall–Kier alpha value is -0.570. The summed E-state index contributed by atoms with van der Waals surface area (Å²) in [4.78, 5) is 0. The summed E-state index contributed by atoms with van der Waals surface area (Å²) in [7, 11) is 1.91. The van der Waals surface area contributed by atoms with Crippen molar-refractivity contribution < 1.29 is 4.74 Å². The van der Waals surface area contributed by atoms with E-state index in [-0.39, 0.29) is 6.10 Å². The molecular weight excluding hydrogens is 198 g/mol. The second kappa shape index (κ2) is 6.02. The van der Waals surface area contributed by atoms with Crippen LogP contribution in [0.1, 0.15) is 12.5 Å². The Balaban J connectivity index is 2.41. The predicted octanol–water partition coefficient (Wildman–Crippen LogP) is 2.46. The number of benzene rings is 1. The standard InChI is InChI=1S/C11H16ClNO/c1-9(7-13-2)14-8-10-5-3-4-6-11(10)12/h3-6,9,13H,7-8H2,1-2H3. The molecule has 78 valence electrons. The smallest absolute Gasteiger partial charge is 0.0735 e. The molecule has 3 heteroatoms. The molecule has 14 heavy (non-hydrogen) atoms. The van der Waals surface area contributed by atoms with Crippen LogP contribution >= 0.6 is 11.6 Å². The van der Waals surface area contributed by atoms with Crippen LogP contribution < -0.4 is 5.32 Å². The van der Waals surface area contributed by atoms with Crippen molar-refractivity contribution in [3.05, 3.63) is 34.9 Å². The van der Waals surface area contributed by atoms with Gasteiger partial charge in [-0.15, -0.1) is 0 Å². The number of hydrogen-bond acceptors (Lipinski definition) is 2. The fraction of sp³-hybridized carbons (Fsp3) is 0.455. The van der Waals surface area contributed by atoms with Crippen molar-refractivity contribution in [2.45, 2.75) is 19.6 Å². The Morgan fingerprint density at radius 1 is 1.43 bits per heavy atom. The number of likely N-dealkylation sites (N-methyl/N-ethyl adjacent to an activating group) is 1. The Morgan fingerprint density at radius 3 is 2.79 bits per heavy atom. The lowest BCUT2D eigenvalue weighted by atomic mass is 10.2. The molecule has 0 fully saturated rings. The van der Waals surface area contributed by atoms with Crippen LogP contribution in [0.5, 0.6) is 0 Å². The molecule has 0 radical (unpaired) electrons. The van der Waals surface area contributed by atoms with Crippen LogP contribution in [0.4, 0.5) is 0 Å². The third-order valence-electron chi connectivity index (χ3n) is 1.97. The minimum Gasteiger partial charge on any atom is -0.372 e. The third-order valence-corrected chi connectivity index (χ3v) is 2.34. The largest absolute Gasteiger partial charge is 0.372 e. The highest BCUT2D eigenvalue weighted by molar-refractivity contribution is 6.31. The van der Waals surface area contributed by atoms with E-state index in [2.05, 4.69) is 5.32 Å². The van der Waals surface area contributed by atoms with Gasteiger partial charge in [-0.05, 0) is 25.6 Å². The summed E-state index contributed by atoms with van der Waals surface area (Å²) >= 11 is 5.99. The van der Waals surface area contributed by atoms with E-state index in [1.807, 2.05) is 38.2 Å². The topological polar surface area (TPSA) is 21.3 Å². The van der Waals surface area contributed by atoms with Gasteiger partial charge in [0.2, 0.25) is 0 Å². The molecule has 0 aliphatic carbocycles. The van der Waals surface area contributed by atoms with E-state index in [9.17, 15) is 0 Å². The maximum absolute atomic E-state index is 5.99. The Morgan fingerprint density at radius 2 is 2.14 bits per heavy atom. The molecule has 0 aliphatic heterocycles. The van der Waals surface area contributed by atoms with Crippen LogP contribution in [0.3, 0.4) is 0 Å². The summed E-state index contributed by atoms with van der Waals surface area (Å²) in [5, 5.41) is 3.83. The van der Waals surface area contributed by atoms with Crippen molar-refractivity contribution in [2.75, 3.05) is 13.6 Å². The summed E-state index contributed by atoms with van der Waals surface area (Å²) in [6.07, 6.45) is 0.205. The molecule has 0 heterocycles. The minimum absolute atomic E-state index is 0.205. The van der Waals surface area contributed by atoms with Gasteiger partial charge in [-0.3, -0.25) is 0 Å². The monoisotopic (exact) mass is 213 g/mol. The van der Waals surface area contributed by atoms with Crippen molar-refractivity contribution in [2.24, 2.45) is 0 Å². The number of halogens is 1. The van der Waals surface area contributed by atoms with E-state index in [1.54, 1.807) is 0 Å². The first-order valence-electron chi connectivity index (χ1n) is 4.73. The van der Waals surface area contributed by atoms with Crippen LogP contribution in [0.25, 0.3) is 0 Å². The highest BCUT2D eigenvalue weighted by atomic mass is 35.5. The SMILES string of the molecule is CNCC(C)OCc1ccccc1Cl. The fourth-order valence-corrected chi connectivity index (χ4v) is 1.38. The van der Waals surface area contributed by atoms with Crippen molar-refractivity contribution in [3.63, 3.8) is 0 Å². The molecule has 0 saturated carbocycles. The van der Waals surface area contributed by atoms with Gasteiger partial charge in [-0.25, -0.2) is 0 Å². The number of nitrogens with one attached hydrogen (secondary N) is 1. The molecule has 0 aromatic heterocycles. The van der Waals surface area contributed by atoms with E-state index >= 15 is 0 Å². The average Bonchev–Trinajstić information content (AvgIpc) is 2.17. The zero-order valence-corrected chi connectivity index (χ0v) is 9.34. The van der Waals surface area contributed by atoms with Gasteiger partial charge in [0.05, 0.1) is 12.7 Å². The van der Waals surface area contributed by atoms with Gasteiger partial charge < -0.3 is 10.1 Å². The average molecular weight is 214 g/mol. The molecule has 1 aromatic carbocycles. The van der Waals surface area contributed by atoms with Crippen LogP contribution in [0, 0.1) is 0 Å². The van der Waals surface area contributed by atoms with Gasteiger partial charge in [-0.1, -0.05) is 29.8 Å². The highest BCUT2D eigenvalue weighted by Crippen LogP contribution is 2.16. The lowest BCUT2D eigenvalue weighted by molar-refractivity contribution is 0.0545. The third kappa shape index (κ3) is 3.66. The highest BCUT2D eigenvalue weighted by Gasteiger charge is 2.03. The molecule has 1 atom stereocenters. The van der Waals surface area contributed by atoms with Gasteiger partial charge in [-0.2, -0.15) is 0 Å². The number of hydrogen-bond donors (Lipinski definition) is 1. The predicted molar refractivity (Wildman–Crippen MR) is 59.6 cm³/mol. The van der Waals surface area contributed by atoms with Crippen LogP contribution in [-0.2, 0) is 11.3 Å². The number of ether oxygens (including phenoxy) is 1. The summed E-state index contributed by atoms with van der Waals surface area (Å²) in [5.74, 6) is 0. The second-order valence-electron chi connectivity index (χ2n) is 3.27. The lowest BCUT2D eigenvalue weighted by Gasteiger charge is -2.12. The molecule has 0 aliphatic rings. The molecule has 1 aromatic rings. The fourth-order valence-electron chi connectivity index (χ4n) is 1.19. The Kier molecular flexibility index (Phi) is 4.94. The molecule has 0 bridgehead atoms. The zero-order chi connectivity index (χ0) is 10.4. The molecule has 2 nitrogen and oxygen atoms in total. The van der Waals surface area contributed by atoms with Crippen LogP contribution in [0.2, 0.25) is 5.02 Å². The second-order valence-corrected chi connectivity index (χ2v) is 3.68. The van der Waals surface area contributed by atoms with Gasteiger partial charge in [0.25, 0.3) is 0 Å². The van der Waals surface area contributed by atoms with Crippen LogP contribution in [0.15, 0.2) is 24.3 Å². The van der Waals surface area contributed by atoms with E-state index < -0.39 is 0 Å². The van der Waals surface area contributed by atoms with Gasteiger partial charge in [0, 0.05) is 11.6 Å². The van der Waals surface area contributed by atoms with Crippen molar-refractivity contribution in [1.29, 1.82) is 0 Å². The van der Waals surface area contributed by atoms with E-state index in [1.165, 1.54) is 0 Å². The van der Waals surface area contributed by atoms with E-state index in [0.717, 1.165) is 17.1 Å². The van der Waals surface area contributed by atoms with E-state index in [4.69, 9.17) is 16.3 Å². The van der Waals surface area contributed by atoms with Crippen molar-refractivity contribution in [3.8, 4) is 0 Å². The molecular formula is C11H16ClNO. The maximum Gasteiger partial charge on any atom is 0.0735 e. The summed E-state index contributed by atoms with van der Waals surface area (Å²) < 4.78 is 5.60. The van der Waals surface area contributed by atoms with E-state index in [0.29, 0.717) is 6.61 Å². The maximum atomic E-state index is 5.99. The van der Waals surface area contributed by atoms with Gasteiger partial charge in [0.1, 0.15) is 0 Å². The first-order chi connectivity index (χ1) is 6.74. The normalized spacial score (nSPS) is 12.8. The first-order valence-corrected chi connectivity index (χ1v) is 5.11. The quantitative estimate of drug-likeness (QED) is 0.812. The molecule has 0 saturated heterocycles. The lowest BCUT2D eigenvalue weighted by Crippen LogP contribution is -2.23. The minimum atomic E-state index is 0.205. The zero-order valence-electron chi connectivity index (χ0n) is 8.59. The molecule has 0 spiro atoms. The first kappa shape index (κ1) is 11.5. The van der Waals surface area contributed by atoms with Gasteiger partial charge in [0.15, 0.2) is 0 Å². The Bertz CT molecular complexity index is 278. The number of rotatable bonds is 5. The molecule has 1 rings (SSSR count).